The van der Waals surface area contributed by atoms with Gasteiger partial charge >= 0.3 is 8.72 Å². The summed E-state index contributed by atoms with van der Waals surface area (Å²) in [4.78, 5) is 0. The lowest BCUT2D eigenvalue weighted by Gasteiger charge is -2.31. The van der Waals surface area contributed by atoms with E-state index in [2.05, 4.69) is 9.88 Å². The zero-order valence-corrected chi connectivity index (χ0v) is 10.8. The quantitative estimate of drug-likeness (QED) is 0.457. The average molecular weight is 233 g/mol. The fourth-order valence-corrected chi connectivity index (χ4v) is 5.05. The third-order valence-corrected chi connectivity index (χ3v) is 6.59. The van der Waals surface area contributed by atoms with Crippen LogP contribution >= 0.6 is 0 Å². The van der Waals surface area contributed by atoms with Crippen molar-refractivity contribution in [3.05, 3.63) is 0 Å². The molecule has 1 rings (SSSR count). The highest BCUT2D eigenvalue weighted by Crippen LogP contribution is 2.26. The molecule has 1 saturated heterocycles. The molecule has 0 atom stereocenters. The summed E-state index contributed by atoms with van der Waals surface area (Å²) in [5, 5.41) is 3.29. The molecule has 1 aliphatic heterocycles. The molecule has 3 N–H and O–H groups in total. The first-order chi connectivity index (χ1) is 7.29. The summed E-state index contributed by atoms with van der Waals surface area (Å²) in [6.45, 7) is 4.62. The van der Waals surface area contributed by atoms with Crippen LogP contribution in [0.5, 0.6) is 0 Å². The molecule has 0 aromatic rings. The van der Waals surface area contributed by atoms with Crippen LogP contribution in [0.4, 0.5) is 0 Å². The van der Waals surface area contributed by atoms with Gasteiger partial charge in [-0.05, 0) is 13.0 Å². The van der Waals surface area contributed by atoms with Gasteiger partial charge in [0.25, 0.3) is 0 Å². The number of rotatable bonds is 7. The van der Waals surface area contributed by atoms with E-state index < -0.39 is 8.72 Å². The summed E-state index contributed by atoms with van der Waals surface area (Å²) < 4.78 is 13.6. The molecule has 0 radical (unpaired) electrons. The summed E-state index contributed by atoms with van der Waals surface area (Å²) in [7, 11) is 1.52. The summed E-state index contributed by atoms with van der Waals surface area (Å²) in [6.07, 6.45) is 1.19. The predicted molar refractivity (Wildman–Crippen MR) is 62.7 cm³/mol. The number of nitrogens with two attached hydrogens (primary N) is 1. The van der Waals surface area contributed by atoms with Crippen LogP contribution in [0.1, 0.15) is 6.42 Å². The summed E-state index contributed by atoms with van der Waals surface area (Å²) in [6, 6.07) is 1.08. The third-order valence-electron chi connectivity index (χ3n) is 2.92. The van der Waals surface area contributed by atoms with Gasteiger partial charge in [0.2, 0.25) is 0 Å². The molecule has 0 aromatic carbocycles. The van der Waals surface area contributed by atoms with Gasteiger partial charge in [-0.1, -0.05) is 0 Å². The molecule has 0 aliphatic carbocycles. The predicted octanol–water partition coefficient (Wildman–Crippen LogP) is -0.528. The number of hydrogen-bond acceptors (Lipinski definition) is 5. The van der Waals surface area contributed by atoms with E-state index in [1.165, 1.54) is 6.42 Å². The van der Waals surface area contributed by atoms with Gasteiger partial charge in [0, 0.05) is 46.4 Å². The molecular weight excluding hydrogens is 210 g/mol. The van der Waals surface area contributed by atoms with Crippen LogP contribution in [0, 0.1) is 0 Å². The molecule has 0 bridgehead atoms. The molecule has 1 aliphatic rings. The van der Waals surface area contributed by atoms with Crippen molar-refractivity contribution in [3.63, 3.8) is 0 Å². The molecule has 15 heavy (non-hydrogen) atoms. The summed E-state index contributed by atoms with van der Waals surface area (Å²) >= 11 is 0. The van der Waals surface area contributed by atoms with Gasteiger partial charge < -0.3 is 19.9 Å². The largest absolute Gasteiger partial charge is 0.427 e. The monoisotopic (exact) mass is 233 g/mol. The van der Waals surface area contributed by atoms with E-state index in [-0.39, 0.29) is 0 Å². The molecular formula is C9H23N3O2Si. The van der Waals surface area contributed by atoms with Gasteiger partial charge in [0.15, 0.2) is 0 Å². The van der Waals surface area contributed by atoms with Crippen LogP contribution in [0.15, 0.2) is 0 Å². The van der Waals surface area contributed by atoms with Gasteiger partial charge in [-0.15, -0.1) is 0 Å². The standard InChI is InChI=1S/C9H23N3O2Si/c1-13-15(14-2)9-3-7-12(15)8-6-11-5-4-10/h11H,3-10H2,1-2H3. The van der Waals surface area contributed by atoms with Crippen molar-refractivity contribution in [3.8, 4) is 0 Å². The maximum absolute atomic E-state index is 5.61. The van der Waals surface area contributed by atoms with E-state index >= 15 is 0 Å². The van der Waals surface area contributed by atoms with Crippen molar-refractivity contribution in [2.24, 2.45) is 5.73 Å². The minimum atomic E-state index is -2.01. The Morgan fingerprint density at radius 3 is 2.67 bits per heavy atom. The first-order valence-electron chi connectivity index (χ1n) is 5.55. The van der Waals surface area contributed by atoms with Gasteiger partial charge in [-0.3, -0.25) is 4.57 Å². The Kier molecular flexibility index (Phi) is 5.73. The highest BCUT2D eigenvalue weighted by molar-refractivity contribution is 6.65. The molecule has 0 unspecified atom stereocenters. The van der Waals surface area contributed by atoms with Crippen molar-refractivity contribution in [2.45, 2.75) is 12.5 Å². The van der Waals surface area contributed by atoms with Crippen molar-refractivity contribution in [1.29, 1.82) is 0 Å². The molecule has 6 heteroatoms. The molecule has 0 spiro atoms. The lowest BCUT2D eigenvalue weighted by atomic mass is 10.4. The van der Waals surface area contributed by atoms with E-state index in [9.17, 15) is 0 Å². The van der Waals surface area contributed by atoms with Crippen molar-refractivity contribution in [1.82, 2.24) is 9.88 Å². The molecule has 90 valence electrons. The average Bonchev–Trinajstić information content (AvgIpc) is 2.68. The van der Waals surface area contributed by atoms with Crippen LogP contribution in [-0.4, -0.2) is 60.2 Å². The zero-order chi connectivity index (χ0) is 11.1. The first-order valence-corrected chi connectivity index (χ1v) is 7.52. The van der Waals surface area contributed by atoms with Crippen LogP contribution in [0.3, 0.4) is 0 Å². The normalized spacial score (nSPS) is 21.0. The Balaban J connectivity index is 2.32. The minimum absolute atomic E-state index is 0.692. The van der Waals surface area contributed by atoms with E-state index in [1.807, 2.05) is 0 Å². The Morgan fingerprint density at radius 1 is 1.33 bits per heavy atom. The summed E-state index contributed by atoms with van der Waals surface area (Å²) in [5.41, 5.74) is 5.41. The Labute approximate surface area is 93.2 Å². The smallest absolute Gasteiger partial charge is 0.386 e. The van der Waals surface area contributed by atoms with Crippen LogP contribution in [-0.2, 0) is 8.85 Å². The second-order valence-electron chi connectivity index (χ2n) is 3.75. The Bertz CT molecular complexity index is 179. The number of nitrogens with one attached hydrogen (secondary N) is 1. The molecule has 0 amide bonds. The van der Waals surface area contributed by atoms with E-state index in [0.29, 0.717) is 6.54 Å². The van der Waals surface area contributed by atoms with Gasteiger partial charge in [-0.2, -0.15) is 0 Å². The molecule has 1 fully saturated rings. The highest BCUT2D eigenvalue weighted by Gasteiger charge is 2.46. The number of nitrogens with zero attached hydrogens (tertiary/aromatic N) is 1. The minimum Gasteiger partial charge on any atom is -0.386 e. The Hall–Kier alpha value is 0.0169. The van der Waals surface area contributed by atoms with Crippen LogP contribution < -0.4 is 11.1 Å². The van der Waals surface area contributed by atoms with E-state index in [4.69, 9.17) is 14.6 Å². The summed E-state index contributed by atoms with van der Waals surface area (Å²) in [5.74, 6) is 0. The SMILES string of the molecule is CO[Si]1(OC)CCCN1CCNCCN. The Morgan fingerprint density at radius 2 is 2.07 bits per heavy atom. The fraction of sp³-hybridized carbons (Fsp3) is 1.00. The second kappa shape index (κ2) is 6.57. The van der Waals surface area contributed by atoms with Crippen LogP contribution in [0.2, 0.25) is 6.04 Å². The number of hydrogen-bond donors (Lipinski definition) is 2. The molecule has 0 saturated carbocycles. The maximum atomic E-state index is 5.61. The molecule has 1 heterocycles. The lowest BCUT2D eigenvalue weighted by molar-refractivity contribution is 0.182. The maximum Gasteiger partial charge on any atom is 0.427 e. The lowest BCUT2D eigenvalue weighted by Crippen LogP contribution is -2.54. The molecule has 0 aromatic heterocycles. The van der Waals surface area contributed by atoms with E-state index in [1.54, 1.807) is 14.2 Å². The molecule has 5 nitrogen and oxygen atoms in total. The zero-order valence-electron chi connectivity index (χ0n) is 9.79. The van der Waals surface area contributed by atoms with Gasteiger partial charge in [0.1, 0.15) is 0 Å². The van der Waals surface area contributed by atoms with Gasteiger partial charge in [-0.25, -0.2) is 0 Å². The van der Waals surface area contributed by atoms with Crippen LogP contribution in [0.25, 0.3) is 0 Å². The topological polar surface area (TPSA) is 59.8 Å². The fourth-order valence-electron chi connectivity index (χ4n) is 2.09. The van der Waals surface area contributed by atoms with Crippen molar-refractivity contribution < 1.29 is 8.85 Å². The third kappa shape index (κ3) is 3.23. The van der Waals surface area contributed by atoms with Crippen molar-refractivity contribution in [2.75, 3.05) is 46.9 Å². The van der Waals surface area contributed by atoms with Gasteiger partial charge in [0.05, 0.1) is 0 Å². The van der Waals surface area contributed by atoms with E-state index in [0.717, 1.165) is 32.2 Å². The highest BCUT2D eigenvalue weighted by atomic mass is 28.4. The second-order valence-corrected chi connectivity index (χ2v) is 7.12. The first kappa shape index (κ1) is 13.1. The van der Waals surface area contributed by atoms with Crippen molar-refractivity contribution >= 4 is 8.72 Å².